The van der Waals surface area contributed by atoms with Gasteiger partial charge in [0.15, 0.2) is 0 Å². The average Bonchev–Trinajstić information content (AvgIpc) is 3.07. The van der Waals surface area contributed by atoms with Gasteiger partial charge in [-0.1, -0.05) is 31.2 Å². The highest BCUT2D eigenvalue weighted by Gasteiger charge is 2.15. The lowest BCUT2D eigenvalue weighted by Gasteiger charge is -2.10. The summed E-state index contributed by atoms with van der Waals surface area (Å²) >= 11 is 1.89. The Morgan fingerprint density at radius 3 is 3.00 bits per heavy atom. The fourth-order valence-electron chi connectivity index (χ4n) is 2.50. The largest absolute Gasteiger partial charge is 0.376 e. The van der Waals surface area contributed by atoms with E-state index in [0.29, 0.717) is 12.5 Å². The molecule has 0 spiro atoms. The van der Waals surface area contributed by atoms with Crippen LogP contribution in [-0.4, -0.2) is 30.9 Å². The van der Waals surface area contributed by atoms with Crippen molar-refractivity contribution in [3.8, 4) is 0 Å². The third kappa shape index (κ3) is 7.71. The van der Waals surface area contributed by atoms with Crippen LogP contribution in [0.2, 0.25) is 0 Å². The Morgan fingerprint density at radius 2 is 2.26 bits per heavy atom. The molecule has 2 unspecified atom stereocenters. The van der Waals surface area contributed by atoms with E-state index in [4.69, 9.17) is 4.74 Å². The molecule has 0 aromatic heterocycles. The molecule has 126 valence electrons. The van der Waals surface area contributed by atoms with Gasteiger partial charge in [0.2, 0.25) is 5.91 Å². The molecule has 1 aromatic rings. The lowest BCUT2D eigenvalue weighted by Crippen LogP contribution is -2.30. The fourth-order valence-corrected chi connectivity index (χ4v) is 3.60. The molecule has 0 saturated carbocycles. The van der Waals surface area contributed by atoms with Crippen molar-refractivity contribution >= 4 is 17.7 Å². The van der Waals surface area contributed by atoms with Crippen LogP contribution in [-0.2, 0) is 9.53 Å². The molecule has 0 bridgehead atoms. The predicted molar refractivity (Wildman–Crippen MR) is 96.7 cm³/mol. The highest BCUT2D eigenvalue weighted by Crippen LogP contribution is 2.21. The van der Waals surface area contributed by atoms with Crippen LogP contribution in [0.3, 0.4) is 0 Å². The highest BCUT2D eigenvalue weighted by molar-refractivity contribution is 7.99. The highest BCUT2D eigenvalue weighted by atomic mass is 32.2. The molecule has 0 aliphatic carbocycles. The van der Waals surface area contributed by atoms with Crippen molar-refractivity contribution in [2.75, 3.05) is 18.9 Å². The number of amides is 1. The van der Waals surface area contributed by atoms with Gasteiger partial charge in [-0.3, -0.25) is 4.79 Å². The first-order valence-corrected chi connectivity index (χ1v) is 9.46. The number of carbonyl (C=O) groups excluding carboxylic acids is 1. The number of allylic oxidation sites excluding steroid dienone is 1. The first-order chi connectivity index (χ1) is 11.2. The quantitative estimate of drug-likeness (QED) is 0.547. The van der Waals surface area contributed by atoms with Gasteiger partial charge in [0, 0.05) is 18.0 Å². The third-order valence-electron chi connectivity index (χ3n) is 3.96. The van der Waals surface area contributed by atoms with Crippen LogP contribution < -0.4 is 5.32 Å². The molecule has 1 aliphatic heterocycles. The second kappa shape index (κ2) is 10.5. The summed E-state index contributed by atoms with van der Waals surface area (Å²) in [5.41, 5.74) is 0. The van der Waals surface area contributed by atoms with E-state index >= 15 is 0 Å². The van der Waals surface area contributed by atoms with Crippen LogP contribution in [0, 0.1) is 5.92 Å². The van der Waals surface area contributed by atoms with Gasteiger partial charge < -0.3 is 10.1 Å². The summed E-state index contributed by atoms with van der Waals surface area (Å²) in [7, 11) is 0. The van der Waals surface area contributed by atoms with Gasteiger partial charge in [-0.15, -0.1) is 11.8 Å². The summed E-state index contributed by atoms with van der Waals surface area (Å²) < 4.78 is 5.49. The van der Waals surface area contributed by atoms with Crippen molar-refractivity contribution in [2.45, 2.75) is 43.6 Å². The minimum atomic E-state index is -0.00800. The Kier molecular flexibility index (Phi) is 8.26. The van der Waals surface area contributed by atoms with Gasteiger partial charge >= 0.3 is 0 Å². The predicted octanol–water partition coefficient (Wildman–Crippen LogP) is 4.05. The molecule has 2 atom stereocenters. The van der Waals surface area contributed by atoms with E-state index in [1.807, 2.05) is 23.9 Å². The van der Waals surface area contributed by atoms with Gasteiger partial charge in [-0.05, 0) is 55.6 Å². The van der Waals surface area contributed by atoms with E-state index < -0.39 is 0 Å². The minimum absolute atomic E-state index is 0.00800. The molecule has 1 saturated heterocycles. The van der Waals surface area contributed by atoms with Crippen LogP contribution in [0.1, 0.15) is 32.6 Å². The maximum atomic E-state index is 11.7. The van der Waals surface area contributed by atoms with Crippen LogP contribution in [0.5, 0.6) is 0 Å². The summed E-state index contributed by atoms with van der Waals surface area (Å²) in [5, 5.41) is 2.91. The zero-order valence-corrected chi connectivity index (χ0v) is 14.7. The molecule has 1 amide bonds. The van der Waals surface area contributed by atoms with Crippen LogP contribution in [0.15, 0.2) is 47.4 Å². The van der Waals surface area contributed by atoms with Crippen molar-refractivity contribution in [2.24, 2.45) is 5.92 Å². The number of hydrogen-bond acceptors (Lipinski definition) is 3. The molecule has 1 fully saturated rings. The summed E-state index contributed by atoms with van der Waals surface area (Å²) in [5.74, 6) is 1.70. The first-order valence-electron chi connectivity index (χ1n) is 8.48. The fraction of sp³-hybridized carbons (Fsp3) is 0.526. The van der Waals surface area contributed by atoms with Gasteiger partial charge in [-0.25, -0.2) is 0 Å². The first kappa shape index (κ1) is 18.1. The Morgan fingerprint density at radius 1 is 1.43 bits per heavy atom. The zero-order chi connectivity index (χ0) is 16.3. The Labute approximate surface area is 143 Å². The molecule has 1 aliphatic rings. The number of rotatable bonds is 9. The molecule has 3 nitrogen and oxygen atoms in total. The molecule has 2 rings (SSSR count). The van der Waals surface area contributed by atoms with Crippen molar-refractivity contribution in [3.63, 3.8) is 0 Å². The van der Waals surface area contributed by atoms with E-state index in [-0.39, 0.29) is 12.0 Å². The van der Waals surface area contributed by atoms with Crippen LogP contribution in [0.25, 0.3) is 0 Å². The maximum Gasteiger partial charge on any atom is 0.243 e. The SMILES string of the molecule is CC(CC=CC(=O)NCC1CCCO1)CCSc1ccccc1. The summed E-state index contributed by atoms with van der Waals surface area (Å²) in [6.45, 7) is 3.70. The maximum absolute atomic E-state index is 11.7. The van der Waals surface area contributed by atoms with E-state index in [2.05, 4.69) is 36.5 Å². The summed E-state index contributed by atoms with van der Waals surface area (Å²) in [6.07, 6.45) is 8.12. The molecule has 1 aromatic carbocycles. The Balaban J connectivity index is 1.54. The molecule has 1 heterocycles. The molecular formula is C19H27NO2S. The second-order valence-electron chi connectivity index (χ2n) is 6.07. The van der Waals surface area contributed by atoms with Crippen molar-refractivity contribution in [3.05, 3.63) is 42.5 Å². The summed E-state index contributed by atoms with van der Waals surface area (Å²) in [6, 6.07) is 10.5. The summed E-state index contributed by atoms with van der Waals surface area (Å²) in [4.78, 5) is 13.0. The standard InChI is InChI=1S/C19H27NO2S/c1-16(12-14-23-18-9-3-2-4-10-18)7-5-11-19(21)20-15-17-8-6-13-22-17/h2-5,9-11,16-17H,6-8,12-15H2,1H3,(H,20,21). The van der Waals surface area contributed by atoms with Crippen LogP contribution >= 0.6 is 11.8 Å². The van der Waals surface area contributed by atoms with Crippen molar-refractivity contribution in [1.29, 1.82) is 0 Å². The number of carbonyl (C=O) groups is 1. The normalized spacial score (nSPS) is 19.1. The van der Waals surface area contributed by atoms with Gasteiger partial charge in [0.05, 0.1) is 6.10 Å². The lowest BCUT2D eigenvalue weighted by molar-refractivity contribution is -0.117. The monoisotopic (exact) mass is 333 g/mol. The topological polar surface area (TPSA) is 38.3 Å². The number of nitrogens with one attached hydrogen (secondary N) is 1. The lowest BCUT2D eigenvalue weighted by atomic mass is 10.1. The molecule has 4 heteroatoms. The number of hydrogen-bond donors (Lipinski definition) is 1. The van der Waals surface area contributed by atoms with Gasteiger partial charge in [-0.2, -0.15) is 0 Å². The molecule has 0 radical (unpaired) electrons. The molecule has 1 N–H and O–H groups in total. The third-order valence-corrected chi connectivity index (χ3v) is 5.00. The number of thioether (sulfide) groups is 1. The van der Waals surface area contributed by atoms with Gasteiger partial charge in [0.1, 0.15) is 0 Å². The average molecular weight is 333 g/mol. The zero-order valence-electron chi connectivity index (χ0n) is 13.9. The van der Waals surface area contributed by atoms with E-state index in [1.54, 1.807) is 6.08 Å². The molecular weight excluding hydrogens is 306 g/mol. The number of benzene rings is 1. The van der Waals surface area contributed by atoms with Gasteiger partial charge in [0.25, 0.3) is 0 Å². The smallest absolute Gasteiger partial charge is 0.243 e. The minimum Gasteiger partial charge on any atom is -0.376 e. The Bertz CT molecular complexity index is 483. The van der Waals surface area contributed by atoms with Crippen molar-refractivity contribution in [1.82, 2.24) is 5.32 Å². The number of ether oxygens (including phenoxy) is 1. The second-order valence-corrected chi connectivity index (χ2v) is 7.24. The molecule has 23 heavy (non-hydrogen) atoms. The van der Waals surface area contributed by atoms with E-state index in [9.17, 15) is 4.79 Å². The Hall–Kier alpha value is -1.26. The van der Waals surface area contributed by atoms with Crippen LogP contribution in [0.4, 0.5) is 0 Å². The van der Waals surface area contributed by atoms with E-state index in [1.165, 1.54) is 4.90 Å². The van der Waals surface area contributed by atoms with Crippen molar-refractivity contribution < 1.29 is 9.53 Å². The van der Waals surface area contributed by atoms with E-state index in [0.717, 1.165) is 38.0 Å².